The lowest BCUT2D eigenvalue weighted by Crippen LogP contribution is -1.94. The van der Waals surface area contributed by atoms with Crippen molar-refractivity contribution in [3.63, 3.8) is 0 Å². The van der Waals surface area contributed by atoms with Crippen LogP contribution in [-0.2, 0) is 12.8 Å². The fourth-order valence-corrected chi connectivity index (χ4v) is 1.79. The summed E-state index contributed by atoms with van der Waals surface area (Å²) in [6.45, 7) is 0. The van der Waals surface area contributed by atoms with E-state index in [4.69, 9.17) is 15.3 Å². The van der Waals surface area contributed by atoms with Gasteiger partial charge in [-0.25, -0.2) is 0 Å². The Balaban J connectivity index is 2.32. The molecule has 0 bridgehead atoms. The van der Waals surface area contributed by atoms with Gasteiger partial charge in [-0.15, -0.1) is 0 Å². The summed E-state index contributed by atoms with van der Waals surface area (Å²) in [6.07, 6.45) is 0.604. The third kappa shape index (κ3) is 3.12. The molecule has 92 valence electrons. The first kappa shape index (κ1) is 12.7. The van der Waals surface area contributed by atoms with Gasteiger partial charge < -0.3 is 4.74 Å². The van der Waals surface area contributed by atoms with E-state index < -0.39 is 0 Å². The van der Waals surface area contributed by atoms with Crippen LogP contribution in [0.15, 0.2) is 48.5 Å². The van der Waals surface area contributed by atoms with Crippen LogP contribution in [-0.4, -0.2) is 0 Å². The second-order valence-corrected chi connectivity index (χ2v) is 3.99. The van der Waals surface area contributed by atoms with E-state index >= 15 is 0 Å². The Bertz CT molecular complexity index is 593. The molecule has 3 nitrogen and oxygen atoms in total. The van der Waals surface area contributed by atoms with Crippen molar-refractivity contribution < 1.29 is 4.74 Å². The van der Waals surface area contributed by atoms with Gasteiger partial charge in [0.2, 0.25) is 0 Å². The van der Waals surface area contributed by atoms with Crippen molar-refractivity contribution in [1.82, 2.24) is 0 Å². The van der Waals surface area contributed by atoms with Crippen LogP contribution in [0.5, 0.6) is 11.5 Å². The molecule has 0 fully saturated rings. The molecule has 0 aliphatic heterocycles. The Morgan fingerprint density at radius 3 is 1.58 bits per heavy atom. The Morgan fingerprint density at radius 2 is 1.16 bits per heavy atom. The summed E-state index contributed by atoms with van der Waals surface area (Å²) in [7, 11) is 0. The first-order chi connectivity index (χ1) is 9.35. The number of hydrogen-bond donors (Lipinski definition) is 0. The Morgan fingerprint density at radius 1 is 0.737 bits per heavy atom. The van der Waals surface area contributed by atoms with Crippen LogP contribution in [0, 0.1) is 22.7 Å². The fraction of sp³-hybridized carbons (Fsp3) is 0.125. The minimum Gasteiger partial charge on any atom is -0.457 e. The molecule has 2 aromatic carbocycles. The first-order valence-electron chi connectivity index (χ1n) is 5.92. The van der Waals surface area contributed by atoms with Gasteiger partial charge in [0, 0.05) is 11.1 Å². The van der Waals surface area contributed by atoms with Crippen molar-refractivity contribution in [2.24, 2.45) is 0 Å². The summed E-state index contributed by atoms with van der Waals surface area (Å²) in [5.41, 5.74) is 1.69. The number of rotatable bonds is 4. The number of nitriles is 2. The highest BCUT2D eigenvalue weighted by atomic mass is 16.5. The molecule has 0 amide bonds. The van der Waals surface area contributed by atoms with Crippen LogP contribution in [0.4, 0.5) is 0 Å². The summed E-state index contributed by atoms with van der Waals surface area (Å²) >= 11 is 0. The highest BCUT2D eigenvalue weighted by molar-refractivity contribution is 5.42. The SMILES string of the molecule is N#CCc1ccccc1Oc1ccccc1CC#N. The van der Waals surface area contributed by atoms with Crippen LogP contribution in [0.25, 0.3) is 0 Å². The van der Waals surface area contributed by atoms with Gasteiger partial charge in [0.15, 0.2) is 0 Å². The summed E-state index contributed by atoms with van der Waals surface area (Å²) < 4.78 is 5.84. The molecule has 0 radical (unpaired) electrons. The monoisotopic (exact) mass is 248 g/mol. The highest BCUT2D eigenvalue weighted by Crippen LogP contribution is 2.28. The van der Waals surface area contributed by atoms with E-state index in [1.165, 1.54) is 0 Å². The molecule has 0 N–H and O–H groups in total. The van der Waals surface area contributed by atoms with Crippen molar-refractivity contribution in [3.8, 4) is 23.6 Å². The van der Waals surface area contributed by atoms with E-state index in [9.17, 15) is 0 Å². The number of benzene rings is 2. The first-order valence-corrected chi connectivity index (χ1v) is 5.92. The molecule has 0 saturated carbocycles. The molecule has 2 aromatic rings. The molecule has 2 rings (SSSR count). The lowest BCUT2D eigenvalue weighted by Gasteiger charge is -2.11. The van der Waals surface area contributed by atoms with Gasteiger partial charge >= 0.3 is 0 Å². The van der Waals surface area contributed by atoms with Gasteiger partial charge in [0.25, 0.3) is 0 Å². The summed E-state index contributed by atoms with van der Waals surface area (Å²) in [5, 5.41) is 17.6. The molecule has 0 aliphatic rings. The van der Waals surface area contributed by atoms with E-state index in [1.807, 2.05) is 48.5 Å². The lowest BCUT2D eigenvalue weighted by atomic mass is 10.1. The predicted molar refractivity (Wildman–Crippen MR) is 71.6 cm³/mol. The van der Waals surface area contributed by atoms with Crippen LogP contribution in [0.2, 0.25) is 0 Å². The van der Waals surface area contributed by atoms with E-state index in [2.05, 4.69) is 12.1 Å². The molecule has 0 aliphatic carbocycles. The summed E-state index contributed by atoms with van der Waals surface area (Å²) in [4.78, 5) is 0. The maximum Gasteiger partial charge on any atom is 0.131 e. The Hall–Kier alpha value is -2.78. The zero-order valence-corrected chi connectivity index (χ0v) is 10.3. The molecule has 19 heavy (non-hydrogen) atoms. The van der Waals surface area contributed by atoms with Gasteiger partial charge in [-0.2, -0.15) is 10.5 Å². The third-order valence-electron chi connectivity index (χ3n) is 2.70. The molecule has 0 spiro atoms. The largest absolute Gasteiger partial charge is 0.457 e. The van der Waals surface area contributed by atoms with E-state index in [0.29, 0.717) is 24.3 Å². The molecule has 0 unspecified atom stereocenters. The lowest BCUT2D eigenvalue weighted by molar-refractivity contribution is 0.473. The van der Waals surface area contributed by atoms with Crippen LogP contribution in [0.1, 0.15) is 11.1 Å². The van der Waals surface area contributed by atoms with Crippen LogP contribution < -0.4 is 4.74 Å². The van der Waals surface area contributed by atoms with Gasteiger partial charge in [0.1, 0.15) is 11.5 Å². The van der Waals surface area contributed by atoms with E-state index in [0.717, 1.165) is 11.1 Å². The van der Waals surface area contributed by atoms with Gasteiger partial charge in [-0.3, -0.25) is 0 Å². The molecule has 0 saturated heterocycles. The van der Waals surface area contributed by atoms with Crippen LogP contribution >= 0.6 is 0 Å². The minimum absolute atomic E-state index is 0.302. The molecule has 3 heteroatoms. The second-order valence-electron chi connectivity index (χ2n) is 3.99. The topological polar surface area (TPSA) is 56.8 Å². The standard InChI is InChI=1S/C16H12N2O/c17-11-9-13-5-1-3-7-15(13)19-16-8-4-2-6-14(16)10-12-18/h1-8H,9-10H2. The highest BCUT2D eigenvalue weighted by Gasteiger charge is 2.07. The Kier molecular flexibility index (Phi) is 4.16. The van der Waals surface area contributed by atoms with Crippen molar-refractivity contribution in [2.45, 2.75) is 12.8 Å². The molecular weight excluding hydrogens is 236 g/mol. The van der Waals surface area contributed by atoms with Gasteiger partial charge in [-0.1, -0.05) is 36.4 Å². The third-order valence-corrected chi connectivity index (χ3v) is 2.70. The second kappa shape index (κ2) is 6.23. The van der Waals surface area contributed by atoms with Gasteiger partial charge in [0.05, 0.1) is 25.0 Å². The maximum atomic E-state index is 8.80. The normalized spacial score (nSPS) is 9.37. The van der Waals surface area contributed by atoms with Crippen LogP contribution in [0.3, 0.4) is 0 Å². The molecular formula is C16H12N2O. The molecule has 0 heterocycles. The average Bonchev–Trinajstić information content (AvgIpc) is 2.44. The van der Waals surface area contributed by atoms with Crippen molar-refractivity contribution in [1.29, 1.82) is 10.5 Å². The number of hydrogen-bond acceptors (Lipinski definition) is 3. The maximum absolute atomic E-state index is 8.80. The van der Waals surface area contributed by atoms with Crippen molar-refractivity contribution >= 4 is 0 Å². The quantitative estimate of drug-likeness (QED) is 0.830. The van der Waals surface area contributed by atoms with Crippen molar-refractivity contribution in [2.75, 3.05) is 0 Å². The smallest absolute Gasteiger partial charge is 0.131 e. The average molecular weight is 248 g/mol. The minimum atomic E-state index is 0.302. The summed E-state index contributed by atoms with van der Waals surface area (Å²) in [6, 6.07) is 19.1. The van der Waals surface area contributed by atoms with E-state index in [1.54, 1.807) is 0 Å². The predicted octanol–water partition coefficient (Wildman–Crippen LogP) is 3.61. The fourth-order valence-electron chi connectivity index (χ4n) is 1.79. The van der Waals surface area contributed by atoms with E-state index in [-0.39, 0.29) is 0 Å². The number of para-hydroxylation sites is 2. The summed E-state index contributed by atoms with van der Waals surface area (Å²) in [5.74, 6) is 1.32. The van der Waals surface area contributed by atoms with Crippen molar-refractivity contribution in [3.05, 3.63) is 59.7 Å². The molecule has 0 aromatic heterocycles. The Labute approximate surface area is 112 Å². The number of nitrogens with zero attached hydrogens (tertiary/aromatic N) is 2. The zero-order chi connectivity index (χ0) is 13.5. The zero-order valence-electron chi connectivity index (χ0n) is 10.3. The van der Waals surface area contributed by atoms with Gasteiger partial charge in [-0.05, 0) is 12.1 Å². The molecule has 0 atom stereocenters. The number of ether oxygens (including phenoxy) is 1.